The van der Waals surface area contributed by atoms with Crippen molar-refractivity contribution in [1.29, 1.82) is 0 Å². The highest BCUT2D eigenvalue weighted by Crippen LogP contribution is 2.20. The number of allylic oxidation sites excluding steroid dienone is 1. The van der Waals surface area contributed by atoms with Gasteiger partial charge in [0.15, 0.2) is 0 Å². The molecule has 0 amide bonds. The van der Waals surface area contributed by atoms with Gasteiger partial charge in [-0.05, 0) is 29.5 Å². The molecule has 0 saturated carbocycles. The van der Waals surface area contributed by atoms with E-state index in [0.29, 0.717) is 5.88 Å². The molecule has 0 radical (unpaired) electrons. The highest BCUT2D eigenvalue weighted by Gasteiger charge is 2.03. The van der Waals surface area contributed by atoms with Gasteiger partial charge in [-0.15, -0.1) is 11.6 Å². The molecule has 0 aromatic heterocycles. The van der Waals surface area contributed by atoms with Crippen LogP contribution in [0.3, 0.4) is 0 Å². The maximum atomic E-state index is 5.82. The van der Waals surface area contributed by atoms with Crippen LogP contribution in [0, 0.1) is 0 Å². The Bertz CT molecular complexity index is 315. The van der Waals surface area contributed by atoms with Gasteiger partial charge >= 0.3 is 0 Å². The molecular weight excluding hydrogens is 204 g/mol. The van der Waals surface area contributed by atoms with Crippen LogP contribution in [0.15, 0.2) is 30.8 Å². The van der Waals surface area contributed by atoms with Crippen molar-refractivity contribution in [2.45, 2.75) is 32.6 Å². The summed E-state index contributed by atoms with van der Waals surface area (Å²) in [5.41, 5.74) is 3.66. The Morgan fingerprint density at radius 1 is 1.27 bits per heavy atom. The number of benzene rings is 1. The number of aryl methyl sites for hydroxylation is 1. The van der Waals surface area contributed by atoms with Crippen molar-refractivity contribution in [3.8, 4) is 0 Å². The van der Waals surface area contributed by atoms with Crippen LogP contribution in [-0.2, 0) is 6.42 Å². The smallest absolute Gasteiger partial charge is 0.0474 e. The molecule has 1 aromatic rings. The molecule has 0 saturated heterocycles. The fourth-order valence-electron chi connectivity index (χ4n) is 1.72. The molecular formula is C14H19Cl. The molecule has 15 heavy (non-hydrogen) atoms. The summed E-state index contributed by atoms with van der Waals surface area (Å²) in [5, 5.41) is 0. The Morgan fingerprint density at radius 2 is 2.00 bits per heavy atom. The maximum absolute atomic E-state index is 5.82. The Labute approximate surface area is 98.0 Å². The zero-order chi connectivity index (χ0) is 11.1. The fourth-order valence-corrected chi connectivity index (χ4v) is 1.86. The van der Waals surface area contributed by atoms with Gasteiger partial charge in [-0.1, -0.05) is 50.6 Å². The predicted molar refractivity (Wildman–Crippen MR) is 69.4 cm³/mol. The maximum Gasteiger partial charge on any atom is 0.0474 e. The largest absolute Gasteiger partial charge is 0.122 e. The second-order valence-electron chi connectivity index (χ2n) is 3.85. The van der Waals surface area contributed by atoms with Gasteiger partial charge in [0.25, 0.3) is 0 Å². The third-order valence-corrected chi connectivity index (χ3v) is 2.93. The van der Waals surface area contributed by atoms with Gasteiger partial charge in [0, 0.05) is 5.88 Å². The van der Waals surface area contributed by atoms with E-state index < -0.39 is 0 Å². The van der Waals surface area contributed by atoms with Gasteiger partial charge < -0.3 is 0 Å². The number of hydrogen-bond donors (Lipinski definition) is 0. The molecule has 1 rings (SSSR count). The number of hydrogen-bond acceptors (Lipinski definition) is 0. The Morgan fingerprint density at radius 3 is 2.67 bits per heavy atom. The van der Waals surface area contributed by atoms with E-state index in [1.165, 1.54) is 30.4 Å². The molecule has 0 nitrogen and oxygen atoms in total. The van der Waals surface area contributed by atoms with E-state index >= 15 is 0 Å². The van der Waals surface area contributed by atoms with Gasteiger partial charge in [0.1, 0.15) is 0 Å². The molecule has 1 heteroatoms. The quantitative estimate of drug-likeness (QED) is 0.485. The molecule has 0 N–H and O–H groups in total. The van der Waals surface area contributed by atoms with E-state index in [-0.39, 0.29) is 0 Å². The summed E-state index contributed by atoms with van der Waals surface area (Å²) in [6, 6.07) is 8.44. The lowest BCUT2D eigenvalue weighted by molar-refractivity contribution is 0.716. The van der Waals surface area contributed by atoms with Crippen molar-refractivity contribution < 1.29 is 0 Å². The minimum Gasteiger partial charge on any atom is -0.122 e. The molecule has 0 unspecified atom stereocenters. The molecule has 0 spiro atoms. The number of unbranched alkanes of at least 4 members (excludes halogenated alkanes) is 2. The first-order chi connectivity index (χ1) is 7.29. The monoisotopic (exact) mass is 222 g/mol. The molecule has 0 aliphatic carbocycles. The van der Waals surface area contributed by atoms with Crippen LogP contribution in [-0.4, -0.2) is 5.88 Å². The van der Waals surface area contributed by atoms with Crippen LogP contribution >= 0.6 is 11.6 Å². The van der Waals surface area contributed by atoms with Crippen LogP contribution < -0.4 is 0 Å². The van der Waals surface area contributed by atoms with Crippen molar-refractivity contribution in [2.75, 3.05) is 5.88 Å². The third-order valence-electron chi connectivity index (χ3n) is 2.61. The second kappa shape index (κ2) is 6.68. The zero-order valence-electron chi connectivity index (χ0n) is 9.43. The van der Waals surface area contributed by atoms with Crippen LogP contribution in [0.25, 0.3) is 5.57 Å². The lowest BCUT2D eigenvalue weighted by Gasteiger charge is -2.09. The summed E-state index contributed by atoms with van der Waals surface area (Å²) < 4.78 is 0. The normalized spacial score (nSPS) is 10.3. The Hall–Kier alpha value is -0.750. The summed E-state index contributed by atoms with van der Waals surface area (Å²) in [6.45, 7) is 6.23. The second-order valence-corrected chi connectivity index (χ2v) is 4.12. The highest BCUT2D eigenvalue weighted by atomic mass is 35.5. The Balaban J connectivity index is 2.73. The van der Waals surface area contributed by atoms with Crippen molar-refractivity contribution in [1.82, 2.24) is 0 Å². The zero-order valence-corrected chi connectivity index (χ0v) is 10.2. The molecule has 0 aliphatic rings. The number of rotatable bonds is 6. The van der Waals surface area contributed by atoms with Crippen LogP contribution in [0.1, 0.15) is 37.3 Å². The van der Waals surface area contributed by atoms with Gasteiger partial charge in [0.05, 0.1) is 0 Å². The van der Waals surface area contributed by atoms with Crippen molar-refractivity contribution in [3.63, 3.8) is 0 Å². The summed E-state index contributed by atoms with van der Waals surface area (Å²) in [7, 11) is 0. The van der Waals surface area contributed by atoms with E-state index in [4.69, 9.17) is 11.6 Å². The van der Waals surface area contributed by atoms with E-state index in [1.54, 1.807) is 0 Å². The van der Waals surface area contributed by atoms with E-state index in [0.717, 1.165) is 12.0 Å². The fraction of sp³-hybridized carbons (Fsp3) is 0.429. The minimum absolute atomic E-state index is 0.519. The van der Waals surface area contributed by atoms with Crippen LogP contribution in [0.4, 0.5) is 0 Å². The molecule has 0 aliphatic heterocycles. The standard InChI is InChI=1S/C14H19Cl/c1-3-4-5-8-13-9-6-7-10-14(13)12(2)11-15/h6-7,9-10H,2-5,8,11H2,1H3. The van der Waals surface area contributed by atoms with Crippen LogP contribution in [0.5, 0.6) is 0 Å². The molecule has 1 aromatic carbocycles. The third kappa shape index (κ3) is 3.71. The van der Waals surface area contributed by atoms with Gasteiger partial charge in [-0.25, -0.2) is 0 Å². The summed E-state index contributed by atoms with van der Waals surface area (Å²) in [4.78, 5) is 0. The lowest BCUT2D eigenvalue weighted by Crippen LogP contribution is -1.94. The van der Waals surface area contributed by atoms with Crippen molar-refractivity contribution >= 4 is 17.2 Å². The Kier molecular flexibility index (Phi) is 5.49. The predicted octanol–water partition coefficient (Wildman–Crippen LogP) is 4.67. The van der Waals surface area contributed by atoms with E-state index in [2.05, 4.69) is 37.8 Å². The van der Waals surface area contributed by atoms with Gasteiger partial charge in [-0.2, -0.15) is 0 Å². The van der Waals surface area contributed by atoms with E-state index in [9.17, 15) is 0 Å². The first-order valence-electron chi connectivity index (χ1n) is 5.61. The molecule has 0 fully saturated rings. The highest BCUT2D eigenvalue weighted by molar-refractivity contribution is 6.23. The average molecular weight is 223 g/mol. The topological polar surface area (TPSA) is 0 Å². The first-order valence-corrected chi connectivity index (χ1v) is 6.15. The average Bonchev–Trinajstić information content (AvgIpc) is 2.29. The summed E-state index contributed by atoms with van der Waals surface area (Å²) >= 11 is 5.82. The van der Waals surface area contributed by atoms with Crippen molar-refractivity contribution in [3.05, 3.63) is 42.0 Å². The number of halogens is 1. The molecule has 0 heterocycles. The lowest BCUT2D eigenvalue weighted by atomic mass is 9.97. The molecule has 0 atom stereocenters. The molecule has 0 bridgehead atoms. The van der Waals surface area contributed by atoms with Crippen LogP contribution in [0.2, 0.25) is 0 Å². The molecule has 82 valence electrons. The van der Waals surface area contributed by atoms with E-state index in [1.807, 2.05) is 0 Å². The summed E-state index contributed by atoms with van der Waals surface area (Å²) in [5.74, 6) is 0.519. The number of alkyl halides is 1. The first kappa shape index (κ1) is 12.3. The van der Waals surface area contributed by atoms with Gasteiger partial charge in [-0.3, -0.25) is 0 Å². The van der Waals surface area contributed by atoms with Crippen molar-refractivity contribution in [2.24, 2.45) is 0 Å². The minimum atomic E-state index is 0.519. The summed E-state index contributed by atoms with van der Waals surface area (Å²) in [6.07, 6.45) is 4.95. The van der Waals surface area contributed by atoms with Gasteiger partial charge in [0.2, 0.25) is 0 Å². The SMILES string of the molecule is C=C(CCl)c1ccccc1CCCCC.